The van der Waals surface area contributed by atoms with Crippen LogP contribution in [0.4, 0.5) is 0 Å². The molecule has 1 heterocycles. The lowest BCUT2D eigenvalue weighted by Crippen LogP contribution is -2.31. The summed E-state index contributed by atoms with van der Waals surface area (Å²) in [6.45, 7) is 4.34. The number of hydrogen-bond acceptors (Lipinski definition) is 4. The third-order valence-corrected chi connectivity index (χ3v) is 6.67. The molecule has 2 aliphatic rings. The molecule has 0 spiro atoms. The summed E-state index contributed by atoms with van der Waals surface area (Å²) < 4.78 is 28.8. The number of carbonyl (C=O) groups excluding carboxylic acids is 1. The molecular weight excluding hydrogens is 264 g/mol. The van der Waals surface area contributed by atoms with E-state index in [1.807, 2.05) is 26.0 Å². The molecule has 1 aromatic rings. The summed E-state index contributed by atoms with van der Waals surface area (Å²) in [7, 11) is -3.63. The first kappa shape index (κ1) is 12.7. The van der Waals surface area contributed by atoms with Gasteiger partial charge in [-0.3, -0.25) is 4.79 Å². The van der Waals surface area contributed by atoms with Crippen LogP contribution in [-0.4, -0.2) is 25.7 Å². The third kappa shape index (κ3) is 1.57. The van der Waals surface area contributed by atoms with Crippen molar-refractivity contribution < 1.29 is 17.9 Å². The Morgan fingerprint density at radius 3 is 2.32 bits per heavy atom. The number of fused-ring (bicyclic) bond motifs is 1. The Bertz CT molecular complexity index is 630. The summed E-state index contributed by atoms with van der Waals surface area (Å²) in [4.78, 5) is 12.0. The summed E-state index contributed by atoms with van der Waals surface area (Å²) in [6.07, 6.45) is 0.403. The second-order valence-corrected chi connectivity index (χ2v) is 7.82. The van der Waals surface area contributed by atoms with Gasteiger partial charge in [-0.05, 0) is 30.0 Å². The predicted molar refractivity (Wildman–Crippen MR) is 69.5 cm³/mol. The van der Waals surface area contributed by atoms with Crippen LogP contribution in [0.15, 0.2) is 29.2 Å². The first-order valence-electron chi connectivity index (χ1n) is 6.41. The van der Waals surface area contributed by atoms with Gasteiger partial charge in [-0.2, -0.15) is 0 Å². The minimum atomic E-state index is -3.63. The van der Waals surface area contributed by atoms with Crippen LogP contribution in [0.5, 0.6) is 0 Å². The van der Waals surface area contributed by atoms with Crippen LogP contribution in [0.2, 0.25) is 0 Å². The molecule has 0 amide bonds. The van der Waals surface area contributed by atoms with E-state index in [0.29, 0.717) is 12.3 Å². The summed E-state index contributed by atoms with van der Waals surface area (Å²) in [5.74, 6) is -0.389. The summed E-state index contributed by atoms with van der Waals surface area (Å²) in [5.41, 5.74) is 1.08. The molecule has 1 saturated heterocycles. The predicted octanol–water partition coefficient (Wildman–Crippen LogP) is 1.90. The highest BCUT2D eigenvalue weighted by Crippen LogP contribution is 2.57. The number of esters is 1. The number of rotatable bonds is 3. The largest absolute Gasteiger partial charge is 0.464 e. The second-order valence-electron chi connectivity index (χ2n) is 5.62. The van der Waals surface area contributed by atoms with E-state index in [-0.39, 0.29) is 17.4 Å². The minimum absolute atomic E-state index is 0.158. The van der Waals surface area contributed by atoms with Crippen LogP contribution in [0.3, 0.4) is 0 Å². The van der Waals surface area contributed by atoms with Crippen molar-refractivity contribution in [1.82, 2.24) is 0 Å². The van der Waals surface area contributed by atoms with Crippen LogP contribution in [0.25, 0.3) is 0 Å². The molecule has 5 heteroatoms. The van der Waals surface area contributed by atoms with E-state index in [1.165, 1.54) is 0 Å². The number of carbonyl (C=O) groups is 1. The molecule has 102 valence electrons. The maximum absolute atomic E-state index is 12.6. The monoisotopic (exact) mass is 280 g/mol. The Balaban J connectivity index is 2.00. The van der Waals surface area contributed by atoms with Gasteiger partial charge in [0.05, 0.1) is 11.5 Å². The van der Waals surface area contributed by atoms with E-state index in [2.05, 4.69) is 0 Å². The van der Waals surface area contributed by atoms with Gasteiger partial charge in [0.25, 0.3) is 0 Å². The van der Waals surface area contributed by atoms with E-state index in [1.54, 1.807) is 12.1 Å². The summed E-state index contributed by atoms with van der Waals surface area (Å²) in [5, 5.41) is 0. The molecule has 3 rings (SSSR count). The van der Waals surface area contributed by atoms with Crippen molar-refractivity contribution in [3.8, 4) is 0 Å². The van der Waals surface area contributed by atoms with Gasteiger partial charge in [0.2, 0.25) is 0 Å². The van der Waals surface area contributed by atoms with Gasteiger partial charge in [-0.15, -0.1) is 0 Å². The van der Waals surface area contributed by atoms with E-state index >= 15 is 0 Å². The van der Waals surface area contributed by atoms with Gasteiger partial charge in [0.15, 0.2) is 14.6 Å². The standard InChI is InChI=1S/C14H16O4S/c1-9(2)10-3-5-12(6-4-10)19(16,17)14-7-11(14)8-18-13(14)15/h3-6,9,11H,7-8H2,1-2H3/t11-,14+/m0/s1. The number of sulfone groups is 1. The van der Waals surface area contributed by atoms with Crippen LogP contribution < -0.4 is 0 Å². The van der Waals surface area contributed by atoms with Gasteiger partial charge >= 0.3 is 5.97 Å². The molecule has 2 atom stereocenters. The zero-order chi connectivity index (χ0) is 13.8. The number of benzene rings is 1. The Morgan fingerprint density at radius 1 is 1.26 bits per heavy atom. The van der Waals surface area contributed by atoms with E-state index in [4.69, 9.17) is 4.74 Å². The highest BCUT2D eigenvalue weighted by Gasteiger charge is 2.74. The molecule has 0 unspecified atom stereocenters. The zero-order valence-electron chi connectivity index (χ0n) is 10.9. The normalized spacial score (nSPS) is 29.2. The second kappa shape index (κ2) is 3.82. The fraction of sp³-hybridized carbons (Fsp3) is 0.500. The molecule has 1 aliphatic carbocycles. The van der Waals surface area contributed by atoms with E-state index in [0.717, 1.165) is 5.56 Å². The Labute approximate surface area is 112 Å². The quantitative estimate of drug-likeness (QED) is 0.793. The van der Waals surface area contributed by atoms with Crippen LogP contribution >= 0.6 is 0 Å². The fourth-order valence-electron chi connectivity index (χ4n) is 2.73. The molecule has 4 nitrogen and oxygen atoms in total. The van der Waals surface area contributed by atoms with Gasteiger partial charge in [-0.1, -0.05) is 26.0 Å². The molecule has 2 fully saturated rings. The Hall–Kier alpha value is -1.36. The van der Waals surface area contributed by atoms with Crippen molar-refractivity contribution in [2.75, 3.05) is 6.61 Å². The lowest BCUT2D eigenvalue weighted by Gasteiger charge is -2.12. The maximum atomic E-state index is 12.6. The molecule has 1 aromatic carbocycles. The molecule has 0 aromatic heterocycles. The van der Waals surface area contributed by atoms with Crippen molar-refractivity contribution >= 4 is 15.8 Å². The van der Waals surface area contributed by atoms with E-state index in [9.17, 15) is 13.2 Å². The lowest BCUT2D eigenvalue weighted by molar-refractivity contribution is -0.140. The molecule has 1 aliphatic heterocycles. The highest BCUT2D eigenvalue weighted by molar-refractivity contribution is 7.94. The van der Waals surface area contributed by atoms with Gasteiger partial charge in [0.1, 0.15) is 0 Å². The zero-order valence-corrected chi connectivity index (χ0v) is 11.7. The fourth-order valence-corrected chi connectivity index (χ4v) is 4.85. The SMILES string of the molecule is CC(C)c1ccc(S(=O)(=O)[C@]23C[C@H]2COC3=O)cc1. The Morgan fingerprint density at radius 2 is 1.89 bits per heavy atom. The Kier molecular flexibility index (Phi) is 2.55. The third-order valence-electron chi connectivity index (χ3n) is 4.15. The van der Waals surface area contributed by atoms with Crippen LogP contribution in [-0.2, 0) is 19.4 Å². The van der Waals surface area contributed by atoms with Gasteiger partial charge in [0, 0.05) is 5.92 Å². The van der Waals surface area contributed by atoms with Crippen molar-refractivity contribution in [3.05, 3.63) is 29.8 Å². The minimum Gasteiger partial charge on any atom is -0.464 e. The smallest absolute Gasteiger partial charge is 0.328 e. The average Bonchev–Trinajstić information content (AvgIpc) is 3.05. The summed E-state index contributed by atoms with van der Waals surface area (Å²) >= 11 is 0. The van der Waals surface area contributed by atoms with Crippen molar-refractivity contribution in [3.63, 3.8) is 0 Å². The van der Waals surface area contributed by atoms with Crippen molar-refractivity contribution in [1.29, 1.82) is 0 Å². The first-order chi connectivity index (χ1) is 8.89. The molecular formula is C14H16O4S. The topological polar surface area (TPSA) is 60.4 Å². The molecule has 0 bridgehead atoms. The number of hydrogen-bond donors (Lipinski definition) is 0. The van der Waals surface area contributed by atoms with Gasteiger partial charge < -0.3 is 4.74 Å². The molecule has 19 heavy (non-hydrogen) atoms. The average molecular weight is 280 g/mol. The van der Waals surface area contributed by atoms with Crippen molar-refractivity contribution in [2.45, 2.75) is 35.8 Å². The first-order valence-corrected chi connectivity index (χ1v) is 7.90. The number of cyclic esters (lactones) is 1. The highest BCUT2D eigenvalue weighted by atomic mass is 32.2. The van der Waals surface area contributed by atoms with Crippen molar-refractivity contribution in [2.24, 2.45) is 5.92 Å². The van der Waals surface area contributed by atoms with E-state index < -0.39 is 20.6 Å². The van der Waals surface area contributed by atoms with Crippen LogP contribution in [0.1, 0.15) is 31.7 Å². The van der Waals surface area contributed by atoms with Crippen LogP contribution in [0, 0.1) is 5.92 Å². The summed E-state index contributed by atoms with van der Waals surface area (Å²) in [6, 6.07) is 6.82. The lowest BCUT2D eigenvalue weighted by atomic mass is 10.0. The van der Waals surface area contributed by atoms with Gasteiger partial charge in [-0.25, -0.2) is 8.42 Å². The molecule has 0 N–H and O–H groups in total. The molecule has 0 radical (unpaired) electrons. The maximum Gasteiger partial charge on any atom is 0.328 e. The number of ether oxygens (including phenoxy) is 1. The molecule has 1 saturated carbocycles.